The molecule has 142 heavy (non-hydrogen) atoms. The Labute approximate surface area is 828 Å². The van der Waals surface area contributed by atoms with Crippen LogP contribution in [-0.2, 0) is 10.8 Å². The van der Waals surface area contributed by atoms with Crippen molar-refractivity contribution in [1.82, 2.24) is 0 Å². The Hall–Kier alpha value is -18.5. The molecule has 0 saturated heterocycles. The van der Waals surface area contributed by atoms with Crippen LogP contribution < -0.4 is 19.6 Å². The highest BCUT2D eigenvalue weighted by molar-refractivity contribution is 6.23. The molecule has 0 bridgehead atoms. The molecule has 27 rings (SSSR count). The van der Waals surface area contributed by atoms with Crippen LogP contribution >= 0.6 is 0 Å². The summed E-state index contributed by atoms with van der Waals surface area (Å²) in [7, 11) is 0. The Morgan fingerprint density at radius 2 is 0.296 bits per heavy atom. The average molecular weight is 1810 g/mol. The molecule has 0 heterocycles. The number of benzene rings is 24. The lowest BCUT2D eigenvalue weighted by Gasteiger charge is -2.35. The molecule has 24 aromatic rings. The van der Waals surface area contributed by atoms with E-state index in [2.05, 4.69) is 590 Å². The summed E-state index contributed by atoms with van der Waals surface area (Å²) < 4.78 is 0. The van der Waals surface area contributed by atoms with E-state index in [1.807, 2.05) is 0 Å². The summed E-state index contributed by atoms with van der Waals surface area (Å²) in [6.45, 7) is 0. The molecule has 0 unspecified atom stereocenters. The quantitative estimate of drug-likeness (QED) is 0.0794. The molecular weight excluding hydrogens is 1710 g/mol. The fraction of sp³-hybridized carbons (Fsp3) is 0.0145. The second-order valence-electron chi connectivity index (χ2n) is 37.1. The predicted molar refractivity (Wildman–Crippen MR) is 597 cm³/mol. The van der Waals surface area contributed by atoms with Gasteiger partial charge in [-0.2, -0.15) is 0 Å². The molecule has 0 aromatic heterocycles. The third-order valence-electron chi connectivity index (χ3n) is 29.5. The zero-order chi connectivity index (χ0) is 94.0. The minimum Gasteiger partial charge on any atom is -0.311 e. The molecule has 0 amide bonds. The van der Waals surface area contributed by atoms with Crippen molar-refractivity contribution in [3.8, 4) is 77.9 Å². The first-order valence-corrected chi connectivity index (χ1v) is 49.1. The van der Waals surface area contributed by atoms with Crippen molar-refractivity contribution in [2.75, 3.05) is 19.6 Å². The topological polar surface area (TPSA) is 13.0 Å². The molecule has 0 radical (unpaired) electrons. The lowest BCUT2D eigenvalue weighted by molar-refractivity contribution is 0.769. The van der Waals surface area contributed by atoms with Crippen LogP contribution in [0.1, 0.15) is 44.5 Å². The zero-order valence-electron chi connectivity index (χ0n) is 78.1. The first kappa shape index (κ1) is 84.1. The highest BCUT2D eigenvalue weighted by Crippen LogP contribution is 2.66. The normalized spacial score (nSPS) is 12.5. The van der Waals surface area contributed by atoms with E-state index >= 15 is 0 Å². The van der Waals surface area contributed by atoms with Gasteiger partial charge in [0, 0.05) is 68.2 Å². The number of nitrogens with zero attached hydrogens (tertiary/aromatic N) is 4. The van der Waals surface area contributed by atoms with Gasteiger partial charge >= 0.3 is 0 Å². The molecule has 3 aliphatic rings. The first-order chi connectivity index (χ1) is 70.5. The van der Waals surface area contributed by atoms with Crippen molar-refractivity contribution >= 4 is 111 Å². The Bertz CT molecular complexity index is 8150. The summed E-state index contributed by atoms with van der Waals surface area (Å²) in [5.74, 6) is 0. The van der Waals surface area contributed by atoms with E-state index < -0.39 is 10.8 Å². The van der Waals surface area contributed by atoms with E-state index in [-0.39, 0.29) is 0 Å². The van der Waals surface area contributed by atoms with Gasteiger partial charge in [-0.1, -0.05) is 413 Å². The van der Waals surface area contributed by atoms with Crippen LogP contribution in [0.3, 0.4) is 0 Å². The third-order valence-corrected chi connectivity index (χ3v) is 29.5. The van der Waals surface area contributed by atoms with E-state index in [9.17, 15) is 0 Å². The summed E-state index contributed by atoms with van der Waals surface area (Å²) in [6.07, 6.45) is 0. The highest BCUT2D eigenvalue weighted by Gasteiger charge is 2.53. The van der Waals surface area contributed by atoms with Crippen LogP contribution in [0.4, 0.5) is 68.2 Å². The molecule has 0 atom stereocenters. The number of hydrogen-bond donors (Lipinski definition) is 0. The molecule has 4 heteroatoms. The summed E-state index contributed by atoms with van der Waals surface area (Å²) in [4.78, 5) is 9.45. The molecule has 1 spiro atoms. The number of rotatable bonds is 18. The van der Waals surface area contributed by atoms with Gasteiger partial charge in [0.15, 0.2) is 0 Å². The largest absolute Gasteiger partial charge is 0.311 e. The number of anilines is 12. The Kier molecular flexibility index (Phi) is 21.1. The molecule has 4 nitrogen and oxygen atoms in total. The molecule has 0 aliphatic heterocycles. The standard InChI is InChI=1S/C69H46N2.C69H48N2/c1-5-21-47(22-6-1)67-59-31-13-15-33-61(59)68(62-34-16-14-32-60(62)67)48-37-43-57-58-44-42-54(46-66(58)69(65(57)45-48)63-35-19-17-29-55(63)56-30-18-20-36-64(56)69)71(51-27-11-4-12-28-51)53-40-38-52(39-41-53)70(49-23-7-2-8-24-49)50-25-9-3-10-26-50;1-7-23-49(24-8-1)67-61-35-19-21-37-63(61)68(64-38-22-20-36-62(64)67)50-39-45-59-60-46-44-58(48-66(60)69(65(59)47-50,51-25-9-2-10-26-51)52-27-11-3-12-28-52)71(55-33-17-6-18-34-55)57-42-40-56(41-43-57)70(53-29-13-4-14-30-53)54-31-15-5-16-32-54/h1-46H;1-48H. The summed E-state index contributed by atoms with van der Waals surface area (Å²) >= 11 is 0. The summed E-state index contributed by atoms with van der Waals surface area (Å²) in [5, 5.41) is 10.0. The second kappa shape index (κ2) is 35.6. The van der Waals surface area contributed by atoms with E-state index in [0.29, 0.717) is 0 Å². The molecule has 0 saturated carbocycles. The van der Waals surface area contributed by atoms with Gasteiger partial charge in [0.05, 0.1) is 10.8 Å². The number of para-hydroxylation sites is 6. The zero-order valence-corrected chi connectivity index (χ0v) is 78.1. The fourth-order valence-corrected chi connectivity index (χ4v) is 23.7. The van der Waals surface area contributed by atoms with Crippen LogP contribution in [0.15, 0.2) is 570 Å². The summed E-state index contributed by atoms with van der Waals surface area (Å²) in [6, 6.07) is 209. The monoisotopic (exact) mass is 1810 g/mol. The van der Waals surface area contributed by atoms with Gasteiger partial charge in [-0.25, -0.2) is 0 Å². The molecule has 24 aromatic carbocycles. The molecule has 0 N–H and O–H groups in total. The lowest BCUT2D eigenvalue weighted by Crippen LogP contribution is -2.28. The van der Waals surface area contributed by atoms with Gasteiger partial charge in [0.2, 0.25) is 0 Å². The van der Waals surface area contributed by atoms with Gasteiger partial charge in [0.25, 0.3) is 0 Å². The van der Waals surface area contributed by atoms with E-state index in [4.69, 9.17) is 0 Å². The van der Waals surface area contributed by atoms with Crippen LogP contribution in [0.2, 0.25) is 0 Å². The first-order valence-electron chi connectivity index (χ1n) is 49.1. The Morgan fingerprint density at radius 1 is 0.113 bits per heavy atom. The van der Waals surface area contributed by atoms with E-state index in [0.717, 1.165) is 68.2 Å². The van der Waals surface area contributed by atoms with Crippen molar-refractivity contribution in [3.05, 3.63) is 615 Å². The molecular formula is C138H94N4. The van der Waals surface area contributed by atoms with Crippen molar-refractivity contribution in [2.45, 2.75) is 10.8 Å². The highest BCUT2D eigenvalue weighted by atomic mass is 15.2. The molecule has 666 valence electrons. The van der Waals surface area contributed by atoms with Crippen LogP contribution in [0.25, 0.3) is 121 Å². The number of fused-ring (bicyclic) bond motifs is 17. The maximum Gasteiger partial charge on any atom is 0.0726 e. The SMILES string of the molecule is c1ccc(-c2c3ccccc3c(-c3ccc4c(c3)C(c3ccccc3)(c3ccccc3)c3cc(N(c5ccccc5)c5ccc(N(c6ccccc6)c6ccccc6)cc5)ccc3-4)c3ccccc23)cc1.c1ccc(-c2c3ccccc3c(-c3ccc4c(c3)C3(c5ccccc5-c5ccccc53)c3cc(N(c5ccccc5)c5ccc(N(c6ccccc6)c6ccccc6)cc5)ccc3-4)c3ccccc23)cc1. The minimum atomic E-state index is -0.646. The van der Waals surface area contributed by atoms with Gasteiger partial charge in [0.1, 0.15) is 0 Å². The van der Waals surface area contributed by atoms with Crippen molar-refractivity contribution < 1.29 is 0 Å². The molecule has 3 aliphatic carbocycles. The third kappa shape index (κ3) is 14.0. The second-order valence-corrected chi connectivity index (χ2v) is 37.1. The van der Waals surface area contributed by atoms with Crippen LogP contribution in [0, 0.1) is 0 Å². The predicted octanol–water partition coefficient (Wildman–Crippen LogP) is 37.2. The van der Waals surface area contributed by atoms with Crippen molar-refractivity contribution in [2.24, 2.45) is 0 Å². The van der Waals surface area contributed by atoms with Crippen molar-refractivity contribution in [3.63, 3.8) is 0 Å². The lowest BCUT2D eigenvalue weighted by atomic mass is 9.67. The number of hydrogen-bond acceptors (Lipinski definition) is 4. The Morgan fingerprint density at radius 3 is 0.577 bits per heavy atom. The van der Waals surface area contributed by atoms with Gasteiger partial charge in [-0.05, 0) is 323 Å². The summed E-state index contributed by atoms with van der Waals surface area (Å²) in [5.41, 5.74) is 39.7. The maximum atomic E-state index is 2.54. The van der Waals surface area contributed by atoms with Crippen LogP contribution in [-0.4, -0.2) is 0 Å². The van der Waals surface area contributed by atoms with Gasteiger partial charge < -0.3 is 19.6 Å². The smallest absolute Gasteiger partial charge is 0.0726 e. The van der Waals surface area contributed by atoms with E-state index in [1.54, 1.807) is 0 Å². The minimum absolute atomic E-state index is 0.572. The maximum absolute atomic E-state index is 2.54. The fourth-order valence-electron chi connectivity index (χ4n) is 23.7. The van der Waals surface area contributed by atoms with Crippen LogP contribution in [0.5, 0.6) is 0 Å². The van der Waals surface area contributed by atoms with Gasteiger partial charge in [-0.3, -0.25) is 0 Å². The van der Waals surface area contributed by atoms with Crippen molar-refractivity contribution in [1.29, 1.82) is 0 Å². The van der Waals surface area contributed by atoms with E-state index in [1.165, 1.54) is 165 Å². The van der Waals surface area contributed by atoms with Gasteiger partial charge in [-0.15, -0.1) is 0 Å². The molecule has 0 fully saturated rings. The average Bonchev–Trinajstić information content (AvgIpc) is 1.51. The Balaban J connectivity index is 0.000000145.